The molecule has 20 bridgehead atoms. The summed E-state index contributed by atoms with van der Waals surface area (Å²) < 4.78 is 32.1. The van der Waals surface area contributed by atoms with Gasteiger partial charge < -0.3 is 23.7 Å². The van der Waals surface area contributed by atoms with Crippen molar-refractivity contribution in [3.05, 3.63) is 0 Å². The van der Waals surface area contributed by atoms with Crippen LogP contribution >= 0.6 is 0 Å². The summed E-state index contributed by atoms with van der Waals surface area (Å²) in [5, 5.41) is 0. The van der Waals surface area contributed by atoms with Gasteiger partial charge in [-0.25, -0.2) is 0 Å². The number of hydrogen-bond acceptors (Lipinski definition) is 10. The van der Waals surface area contributed by atoms with Crippen molar-refractivity contribution in [2.45, 2.75) is 417 Å². The predicted octanol–water partition coefficient (Wildman–Crippen LogP) is 25.4. The standard InChI is InChI=1S/3C20H34O2.2C19H32O2/c1-5-7-14(4)20(22-19(21)13(3)6-2)17-9-15-8-16(11-17)12-18(20)10-15;1-5-13(4)19(21)22-20(16(6-2)7-3)17-9-14-8-15(11-17)12-18(20)10-14;1-4-6-7-8-20(22-19(21)14(3)5-2)17-10-15-9-16(12-17)13-18(20)11-15;1-6-12(2)17(20)21-19(18(3,4)5)15-8-13-7-14(10-15)11-16(19)9-13;1-5-12(3)18(20)21-19(13(4)6-2)16-8-14-7-15(10-16)11-17(19)9-14/h2*13-18H,5-12H2,1-4H3;14-18H,4-13H2,1-3H3;12-16H,6-11H2,1-5H3;12-17H,5-11H2,1-4H3. The highest BCUT2D eigenvalue weighted by Crippen LogP contribution is 2.68. The highest BCUT2D eigenvalue weighted by Gasteiger charge is 2.68. The number of esters is 5. The van der Waals surface area contributed by atoms with Gasteiger partial charge in [-0.2, -0.15) is 0 Å². The molecule has 0 saturated heterocycles. The summed E-state index contributed by atoms with van der Waals surface area (Å²) in [5.41, 5.74) is -0.660. The fraction of sp³-hybridized carbons (Fsp3) is 0.949. The minimum absolute atomic E-state index is 0.0291. The molecule has 0 N–H and O–H groups in total. The molecule has 7 unspecified atom stereocenters. The van der Waals surface area contributed by atoms with Crippen molar-refractivity contribution in [3.63, 3.8) is 0 Å². The average Bonchev–Trinajstić information content (AvgIpc) is 0.893. The summed E-state index contributed by atoms with van der Waals surface area (Å²) in [6.07, 6.45) is 48.6. The largest absolute Gasteiger partial charge is 0.458 e. The average molecular weight is 1500 g/mol. The minimum atomic E-state index is -0.207. The summed E-state index contributed by atoms with van der Waals surface area (Å²) >= 11 is 0. The van der Waals surface area contributed by atoms with Gasteiger partial charge in [-0.15, -0.1) is 0 Å². The Balaban J connectivity index is 0.000000134. The van der Waals surface area contributed by atoms with Gasteiger partial charge in [-0.1, -0.05) is 158 Å². The van der Waals surface area contributed by atoms with Crippen LogP contribution in [0.1, 0.15) is 389 Å². The summed E-state index contributed by atoms with van der Waals surface area (Å²) in [5.74, 6) is 17.7. The minimum Gasteiger partial charge on any atom is -0.458 e. The zero-order chi connectivity index (χ0) is 78.2. The maximum Gasteiger partial charge on any atom is 0.309 e. The molecule has 20 saturated carbocycles. The van der Waals surface area contributed by atoms with E-state index in [0.29, 0.717) is 76.9 Å². The van der Waals surface area contributed by atoms with Crippen LogP contribution in [0.5, 0.6) is 0 Å². The Kier molecular flexibility index (Phi) is 28.6. The highest BCUT2D eigenvalue weighted by atomic mass is 16.6. The molecule has 0 aromatic rings. The molecule has 0 heterocycles. The van der Waals surface area contributed by atoms with Gasteiger partial charge in [0.05, 0.1) is 29.6 Å². The van der Waals surface area contributed by atoms with Crippen LogP contribution in [0.4, 0.5) is 0 Å². The van der Waals surface area contributed by atoms with Gasteiger partial charge in [-0.05, 0) is 355 Å². The SMILES string of the molecule is CCC(C)C(=O)OC1(C(C)(C)C)C2CC3CC(C2)CC1C3.CCC(C)C(=O)OC1(C(C)CC)C2CC3CC(C2)CC1C3.CCC(C)C(=O)OC1(C(CC)CC)C2CC3CC(C2)CC1C3.CCCC(C)C1(OC(=O)C(C)CC)C2CC3CC(C2)CC1C3.CCCCCC1(OC(=O)C(C)CC)C2CC3CC(C2)CC1C3. The lowest BCUT2D eigenvalue weighted by Gasteiger charge is -2.64. The fourth-order valence-corrected chi connectivity index (χ4v) is 29.6. The van der Waals surface area contributed by atoms with Crippen molar-refractivity contribution >= 4 is 29.8 Å². The molecule has 0 aromatic carbocycles. The van der Waals surface area contributed by atoms with Crippen molar-refractivity contribution in [3.8, 4) is 0 Å². The Morgan fingerprint density at radius 2 is 0.546 bits per heavy atom. The van der Waals surface area contributed by atoms with E-state index in [1.807, 2.05) is 34.6 Å². The molecule has 0 aromatic heterocycles. The second-order valence-corrected chi connectivity index (χ2v) is 42.7. The topological polar surface area (TPSA) is 132 Å². The first-order valence-electron chi connectivity index (χ1n) is 47.6. The Bertz CT molecular complexity index is 2800. The number of hydrogen-bond donors (Lipinski definition) is 0. The summed E-state index contributed by atoms with van der Waals surface area (Å²) in [6.45, 7) is 43.4. The summed E-state index contributed by atoms with van der Waals surface area (Å²) in [4.78, 5) is 63.1. The zero-order valence-electron chi connectivity index (χ0n) is 73.3. The summed E-state index contributed by atoms with van der Waals surface area (Å²) in [7, 11) is 0. The highest BCUT2D eigenvalue weighted by molar-refractivity contribution is 5.74. The van der Waals surface area contributed by atoms with Crippen LogP contribution in [0.2, 0.25) is 0 Å². The maximum absolute atomic E-state index is 12.7. The van der Waals surface area contributed by atoms with Crippen LogP contribution in [0.3, 0.4) is 0 Å². The summed E-state index contributed by atoms with van der Waals surface area (Å²) in [6, 6.07) is 0. The number of unbranched alkanes of at least 4 members (excludes halogenated alkanes) is 2. The van der Waals surface area contributed by atoms with E-state index in [2.05, 4.69) is 104 Å². The van der Waals surface area contributed by atoms with E-state index in [1.165, 1.54) is 193 Å². The lowest BCUT2D eigenvalue weighted by Crippen LogP contribution is -2.65. The van der Waals surface area contributed by atoms with Crippen LogP contribution in [-0.4, -0.2) is 57.9 Å². The molecule has 0 spiro atoms. The number of carbonyl (C=O) groups is 5. The van der Waals surface area contributed by atoms with Gasteiger partial charge in [0.25, 0.3) is 0 Å². The van der Waals surface area contributed by atoms with E-state index in [1.54, 1.807) is 0 Å². The van der Waals surface area contributed by atoms with Crippen LogP contribution in [0.25, 0.3) is 0 Å². The van der Waals surface area contributed by atoms with Crippen LogP contribution in [0.15, 0.2) is 0 Å². The van der Waals surface area contributed by atoms with E-state index in [4.69, 9.17) is 23.7 Å². The second-order valence-electron chi connectivity index (χ2n) is 42.7. The smallest absolute Gasteiger partial charge is 0.309 e. The molecule has 618 valence electrons. The molecule has 7 atom stereocenters. The Morgan fingerprint density at radius 1 is 0.287 bits per heavy atom. The molecular weight excluding hydrogens is 1340 g/mol. The van der Waals surface area contributed by atoms with Gasteiger partial charge in [0.1, 0.15) is 28.0 Å². The lowest BCUT2D eigenvalue weighted by molar-refractivity contribution is -0.247. The van der Waals surface area contributed by atoms with E-state index in [0.717, 1.165) is 117 Å². The molecule has 0 amide bonds. The quantitative estimate of drug-likeness (QED) is 0.0445. The monoisotopic (exact) mass is 1500 g/mol. The van der Waals surface area contributed by atoms with Gasteiger partial charge in [0, 0.05) is 17.3 Å². The molecule has 10 nitrogen and oxygen atoms in total. The first kappa shape index (κ1) is 86.2. The first-order chi connectivity index (χ1) is 51.4. The molecule has 20 aliphatic carbocycles. The second kappa shape index (κ2) is 35.8. The number of carbonyl (C=O) groups excluding carboxylic acids is 5. The zero-order valence-corrected chi connectivity index (χ0v) is 73.3. The van der Waals surface area contributed by atoms with Crippen LogP contribution in [0, 0.1) is 171 Å². The molecule has 0 radical (unpaired) electrons. The predicted molar refractivity (Wildman–Crippen MR) is 438 cm³/mol. The van der Waals surface area contributed by atoms with Crippen molar-refractivity contribution in [2.75, 3.05) is 0 Å². The van der Waals surface area contributed by atoms with Gasteiger partial charge in [0.2, 0.25) is 0 Å². The van der Waals surface area contributed by atoms with E-state index in [-0.39, 0.29) is 92.9 Å². The molecule has 20 aliphatic rings. The Morgan fingerprint density at radius 3 is 0.815 bits per heavy atom. The van der Waals surface area contributed by atoms with Gasteiger partial charge in [0.15, 0.2) is 0 Å². The first-order valence-corrected chi connectivity index (χ1v) is 47.6. The molecular formula is C98H166O10. The molecule has 20 rings (SSSR count). The molecule has 20 fully saturated rings. The molecule has 0 aliphatic heterocycles. The fourth-order valence-electron chi connectivity index (χ4n) is 29.6. The third kappa shape index (κ3) is 16.7. The normalized spacial score (nSPS) is 42.0. The van der Waals surface area contributed by atoms with Gasteiger partial charge >= 0.3 is 29.8 Å². The van der Waals surface area contributed by atoms with Crippen molar-refractivity contribution < 1.29 is 47.7 Å². The van der Waals surface area contributed by atoms with E-state index >= 15 is 0 Å². The van der Waals surface area contributed by atoms with Crippen molar-refractivity contribution in [1.82, 2.24) is 0 Å². The Labute approximate surface area is 661 Å². The maximum atomic E-state index is 12.7. The van der Waals surface area contributed by atoms with E-state index in [9.17, 15) is 24.0 Å². The van der Waals surface area contributed by atoms with Crippen molar-refractivity contribution in [1.29, 1.82) is 0 Å². The lowest BCUT2D eigenvalue weighted by atomic mass is 9.45. The number of ether oxygens (including phenoxy) is 5. The van der Waals surface area contributed by atoms with Crippen molar-refractivity contribution in [2.24, 2.45) is 171 Å². The van der Waals surface area contributed by atoms with Crippen LogP contribution in [-0.2, 0) is 47.7 Å². The molecule has 108 heavy (non-hydrogen) atoms. The third-order valence-corrected chi connectivity index (χ3v) is 35.4. The van der Waals surface area contributed by atoms with Crippen LogP contribution < -0.4 is 0 Å². The Hall–Kier alpha value is -2.65. The molecule has 10 heteroatoms. The number of rotatable bonds is 27. The van der Waals surface area contributed by atoms with Gasteiger partial charge in [-0.3, -0.25) is 24.0 Å². The third-order valence-electron chi connectivity index (χ3n) is 35.4. The van der Waals surface area contributed by atoms with E-state index < -0.39 is 0 Å².